The van der Waals surface area contributed by atoms with Gasteiger partial charge in [-0.25, -0.2) is 4.79 Å². The third-order valence-corrected chi connectivity index (χ3v) is 5.97. The van der Waals surface area contributed by atoms with Crippen molar-refractivity contribution in [1.82, 2.24) is 9.80 Å². The molecular weight excluding hydrogens is 380 g/mol. The summed E-state index contributed by atoms with van der Waals surface area (Å²) < 4.78 is 3.60. The summed E-state index contributed by atoms with van der Waals surface area (Å²) in [6, 6.07) is 5.35. The van der Waals surface area contributed by atoms with Crippen LogP contribution >= 0.6 is 24.2 Å². The fourth-order valence-corrected chi connectivity index (χ4v) is 3.64. The highest BCUT2D eigenvalue weighted by Crippen LogP contribution is 2.43. The second-order valence-electron chi connectivity index (χ2n) is 6.66. The van der Waals surface area contributed by atoms with E-state index in [0.29, 0.717) is 0 Å². The Morgan fingerprint density at radius 3 is 2.08 bits per heavy atom. The minimum atomic E-state index is -1.86. The van der Waals surface area contributed by atoms with Gasteiger partial charge in [-0.2, -0.15) is 12.6 Å². The monoisotopic (exact) mass is 396 g/mol. The maximum absolute atomic E-state index is 12.8. The SMILES string of the molecule is COC(=O)C(Cl)(N1CC(N2C(=O)c3ccccc3C2=O)C1=O)C(C)(C)S. The van der Waals surface area contributed by atoms with Crippen LogP contribution in [0.3, 0.4) is 0 Å². The van der Waals surface area contributed by atoms with Crippen molar-refractivity contribution < 1.29 is 23.9 Å². The fourth-order valence-electron chi connectivity index (χ4n) is 3.19. The van der Waals surface area contributed by atoms with Crippen molar-refractivity contribution >= 4 is 47.9 Å². The average molecular weight is 397 g/mol. The molecule has 0 spiro atoms. The summed E-state index contributed by atoms with van der Waals surface area (Å²) in [6.45, 7) is 3.07. The fraction of sp³-hybridized carbons (Fsp3) is 0.412. The van der Waals surface area contributed by atoms with Gasteiger partial charge in [0.05, 0.1) is 29.5 Å². The van der Waals surface area contributed by atoms with Crippen molar-refractivity contribution in [2.75, 3.05) is 13.7 Å². The Morgan fingerprint density at radius 1 is 1.19 bits per heavy atom. The quantitative estimate of drug-likeness (QED) is 0.207. The zero-order valence-electron chi connectivity index (χ0n) is 14.4. The Kier molecular flexibility index (Phi) is 4.31. The van der Waals surface area contributed by atoms with Crippen molar-refractivity contribution in [3.8, 4) is 0 Å². The number of imide groups is 1. The Hall–Kier alpha value is -2.06. The van der Waals surface area contributed by atoms with Crippen molar-refractivity contribution in [1.29, 1.82) is 0 Å². The number of amides is 3. The van der Waals surface area contributed by atoms with Crippen LogP contribution in [-0.4, -0.2) is 62.9 Å². The van der Waals surface area contributed by atoms with Crippen LogP contribution in [0, 0.1) is 0 Å². The van der Waals surface area contributed by atoms with Gasteiger partial charge in [0, 0.05) is 0 Å². The minimum Gasteiger partial charge on any atom is -0.466 e. The van der Waals surface area contributed by atoms with Gasteiger partial charge < -0.3 is 9.64 Å². The van der Waals surface area contributed by atoms with E-state index in [1.54, 1.807) is 26.0 Å². The number of alkyl halides is 1. The first-order valence-corrected chi connectivity index (χ1v) is 8.66. The summed E-state index contributed by atoms with van der Waals surface area (Å²) >= 11 is 10.8. The lowest BCUT2D eigenvalue weighted by Gasteiger charge is -2.52. The molecule has 2 unspecified atom stereocenters. The van der Waals surface area contributed by atoms with Crippen LogP contribution in [-0.2, 0) is 14.3 Å². The summed E-state index contributed by atoms with van der Waals surface area (Å²) in [4.78, 5) is 50.2. The molecule has 0 saturated carbocycles. The predicted octanol–water partition coefficient (Wildman–Crippen LogP) is 1.31. The van der Waals surface area contributed by atoms with Gasteiger partial charge >= 0.3 is 5.97 Å². The molecule has 1 fully saturated rings. The molecule has 2 heterocycles. The van der Waals surface area contributed by atoms with E-state index in [1.165, 1.54) is 12.1 Å². The van der Waals surface area contributed by atoms with E-state index in [2.05, 4.69) is 12.6 Å². The lowest BCUT2D eigenvalue weighted by Crippen LogP contribution is -2.75. The number of carbonyl (C=O) groups excluding carboxylic acids is 4. The molecule has 3 amide bonds. The molecule has 138 valence electrons. The molecule has 26 heavy (non-hydrogen) atoms. The number of likely N-dealkylation sites (tertiary alicyclic amines) is 1. The van der Waals surface area contributed by atoms with E-state index in [9.17, 15) is 19.2 Å². The maximum Gasteiger partial charge on any atom is 0.349 e. The zero-order valence-corrected chi connectivity index (χ0v) is 16.0. The van der Waals surface area contributed by atoms with E-state index in [-0.39, 0.29) is 17.7 Å². The number of hydrogen-bond acceptors (Lipinski definition) is 6. The van der Waals surface area contributed by atoms with Crippen LogP contribution in [0.15, 0.2) is 24.3 Å². The standard InChI is InChI=1S/C17H17ClN2O5S/c1-16(2,26)17(18,15(24)25-3)19-8-11(14(19)23)20-12(21)9-6-4-5-7-10(9)13(20)22/h4-7,11,26H,8H2,1-3H3. The molecule has 2 aliphatic rings. The van der Waals surface area contributed by atoms with Gasteiger partial charge in [-0.15, -0.1) is 0 Å². The molecule has 2 atom stereocenters. The van der Waals surface area contributed by atoms with Crippen molar-refractivity contribution in [3.05, 3.63) is 35.4 Å². The van der Waals surface area contributed by atoms with Gasteiger partial charge in [-0.1, -0.05) is 23.7 Å². The first-order chi connectivity index (χ1) is 12.1. The summed E-state index contributed by atoms with van der Waals surface area (Å²) in [7, 11) is 1.16. The third kappa shape index (κ3) is 2.35. The number of hydrogen-bond donors (Lipinski definition) is 1. The van der Waals surface area contributed by atoms with Crippen molar-refractivity contribution in [2.45, 2.75) is 29.6 Å². The summed E-state index contributed by atoms with van der Waals surface area (Å²) in [5, 5.41) is 0. The van der Waals surface area contributed by atoms with E-state index in [4.69, 9.17) is 16.3 Å². The van der Waals surface area contributed by atoms with E-state index in [1.807, 2.05) is 0 Å². The van der Waals surface area contributed by atoms with Crippen LogP contribution in [0.2, 0.25) is 0 Å². The Bertz CT molecular complexity index is 802. The number of fused-ring (bicyclic) bond motifs is 1. The minimum absolute atomic E-state index is 0.0765. The van der Waals surface area contributed by atoms with Crippen molar-refractivity contribution in [3.63, 3.8) is 0 Å². The Morgan fingerprint density at radius 2 is 1.69 bits per heavy atom. The van der Waals surface area contributed by atoms with Crippen LogP contribution < -0.4 is 0 Å². The normalized spacial score (nSPS) is 22.0. The molecule has 0 aromatic heterocycles. The molecule has 3 rings (SSSR count). The summed E-state index contributed by atoms with van der Waals surface area (Å²) in [5.41, 5.74) is 0.506. The highest BCUT2D eigenvalue weighted by Gasteiger charge is 2.63. The predicted molar refractivity (Wildman–Crippen MR) is 96.1 cm³/mol. The van der Waals surface area contributed by atoms with Crippen LogP contribution in [0.4, 0.5) is 0 Å². The highest BCUT2D eigenvalue weighted by molar-refractivity contribution is 7.82. The molecule has 2 aliphatic heterocycles. The maximum atomic E-state index is 12.8. The Labute approximate surface area is 160 Å². The van der Waals surface area contributed by atoms with Crippen LogP contribution in [0.25, 0.3) is 0 Å². The third-order valence-electron chi connectivity index (χ3n) is 4.68. The average Bonchev–Trinajstić information content (AvgIpc) is 2.84. The van der Waals surface area contributed by atoms with Gasteiger partial charge in [0.15, 0.2) is 0 Å². The number of β-lactam (4-membered cyclic amide) rings is 1. The number of esters is 1. The largest absolute Gasteiger partial charge is 0.466 e. The van der Waals surface area contributed by atoms with E-state index in [0.717, 1.165) is 16.9 Å². The van der Waals surface area contributed by atoms with E-state index < -0.39 is 39.5 Å². The number of thiol groups is 1. The molecule has 0 aliphatic carbocycles. The van der Waals surface area contributed by atoms with Crippen molar-refractivity contribution in [2.24, 2.45) is 0 Å². The summed E-state index contributed by atoms with van der Waals surface area (Å²) in [6.07, 6.45) is 0. The molecule has 1 aromatic carbocycles. The number of rotatable bonds is 4. The molecule has 0 N–H and O–H groups in total. The summed E-state index contributed by atoms with van der Waals surface area (Å²) in [5.74, 6) is -2.52. The number of nitrogens with zero attached hydrogens (tertiary/aromatic N) is 2. The van der Waals surface area contributed by atoms with Gasteiger partial charge in [0.25, 0.3) is 11.8 Å². The topological polar surface area (TPSA) is 84.0 Å². The smallest absolute Gasteiger partial charge is 0.349 e. The lowest BCUT2D eigenvalue weighted by atomic mass is 9.93. The lowest BCUT2D eigenvalue weighted by molar-refractivity contribution is -0.168. The molecule has 0 radical (unpaired) electrons. The molecule has 0 bridgehead atoms. The number of methoxy groups -OCH3 is 1. The van der Waals surface area contributed by atoms with Crippen LogP contribution in [0.5, 0.6) is 0 Å². The Balaban J connectivity index is 1.89. The molecular formula is C17H17ClN2O5S. The second-order valence-corrected chi connectivity index (χ2v) is 8.33. The first kappa shape index (κ1) is 18.7. The number of ether oxygens (including phenoxy) is 1. The zero-order chi connectivity index (χ0) is 19.4. The first-order valence-electron chi connectivity index (χ1n) is 7.83. The highest BCUT2D eigenvalue weighted by atomic mass is 35.5. The van der Waals surface area contributed by atoms with Gasteiger partial charge in [0.2, 0.25) is 10.9 Å². The second kappa shape index (κ2) is 5.99. The van der Waals surface area contributed by atoms with Gasteiger partial charge in [-0.3, -0.25) is 19.3 Å². The molecule has 7 nitrogen and oxygen atoms in total. The number of halogens is 1. The molecule has 9 heteroatoms. The molecule has 1 aromatic rings. The molecule has 1 saturated heterocycles. The van der Waals surface area contributed by atoms with E-state index >= 15 is 0 Å². The van der Waals surface area contributed by atoms with Gasteiger partial charge in [0.1, 0.15) is 6.04 Å². The number of benzene rings is 1. The van der Waals surface area contributed by atoms with Crippen LogP contribution in [0.1, 0.15) is 34.6 Å². The number of carbonyl (C=O) groups is 4. The van der Waals surface area contributed by atoms with Gasteiger partial charge in [-0.05, 0) is 26.0 Å².